The molecule has 0 aromatic heterocycles. The number of benzene rings is 2. The number of para-hydroxylation sites is 2. The van der Waals surface area contributed by atoms with Gasteiger partial charge in [0.25, 0.3) is 0 Å². The molecule has 164 valence electrons. The van der Waals surface area contributed by atoms with E-state index in [4.69, 9.17) is 14.2 Å². The summed E-state index contributed by atoms with van der Waals surface area (Å²) in [6.45, 7) is 7.71. The second kappa shape index (κ2) is 11.1. The lowest BCUT2D eigenvalue weighted by Gasteiger charge is -2.36. The summed E-state index contributed by atoms with van der Waals surface area (Å²) in [4.78, 5) is 4.88. The normalized spacial score (nSPS) is 15.7. The molecule has 0 saturated carbocycles. The predicted octanol–water partition coefficient (Wildman–Crippen LogP) is 3.74. The van der Waals surface area contributed by atoms with Crippen LogP contribution in [0.4, 0.5) is 5.69 Å². The van der Waals surface area contributed by atoms with Crippen molar-refractivity contribution in [3.8, 4) is 17.2 Å². The van der Waals surface area contributed by atoms with Gasteiger partial charge in [0, 0.05) is 26.2 Å². The summed E-state index contributed by atoms with van der Waals surface area (Å²) in [5.74, 6) is 2.29. The quantitative estimate of drug-likeness (QED) is 0.639. The van der Waals surface area contributed by atoms with Crippen molar-refractivity contribution < 1.29 is 19.3 Å². The summed E-state index contributed by atoms with van der Waals surface area (Å²) in [6.07, 6.45) is 1.18. The Hall–Kier alpha value is -2.44. The topological polar surface area (TPSA) is 54.4 Å². The second-order valence-corrected chi connectivity index (χ2v) is 7.50. The molecule has 1 aliphatic rings. The van der Waals surface area contributed by atoms with Crippen molar-refractivity contribution in [2.45, 2.75) is 25.9 Å². The van der Waals surface area contributed by atoms with Crippen LogP contribution in [0.5, 0.6) is 17.2 Å². The summed E-state index contributed by atoms with van der Waals surface area (Å²) in [5, 5.41) is 10.6. The van der Waals surface area contributed by atoms with Crippen molar-refractivity contribution in [2.75, 3.05) is 58.5 Å². The molecule has 3 rings (SSSR count). The van der Waals surface area contributed by atoms with Crippen LogP contribution in [-0.4, -0.2) is 63.6 Å². The molecule has 1 fully saturated rings. The lowest BCUT2D eigenvalue weighted by molar-refractivity contribution is 0.153. The van der Waals surface area contributed by atoms with Gasteiger partial charge in [-0.25, -0.2) is 0 Å². The maximum atomic E-state index is 10.6. The molecule has 30 heavy (non-hydrogen) atoms. The number of hydrogen-bond acceptors (Lipinski definition) is 6. The van der Waals surface area contributed by atoms with Crippen molar-refractivity contribution in [3.05, 3.63) is 48.0 Å². The van der Waals surface area contributed by atoms with Crippen molar-refractivity contribution >= 4 is 5.69 Å². The van der Waals surface area contributed by atoms with E-state index in [0.29, 0.717) is 18.1 Å². The second-order valence-electron chi connectivity index (χ2n) is 7.50. The first-order valence-corrected chi connectivity index (χ1v) is 10.7. The first kappa shape index (κ1) is 22.2. The highest BCUT2D eigenvalue weighted by atomic mass is 16.5. The van der Waals surface area contributed by atoms with Gasteiger partial charge in [-0.15, -0.1) is 0 Å². The molecule has 1 atom stereocenters. The fourth-order valence-electron chi connectivity index (χ4n) is 3.94. The fourth-order valence-corrected chi connectivity index (χ4v) is 3.94. The van der Waals surface area contributed by atoms with E-state index in [2.05, 4.69) is 21.9 Å². The van der Waals surface area contributed by atoms with Crippen molar-refractivity contribution in [3.63, 3.8) is 0 Å². The molecule has 2 aromatic carbocycles. The van der Waals surface area contributed by atoms with E-state index in [1.165, 1.54) is 5.69 Å². The third-order valence-corrected chi connectivity index (χ3v) is 5.62. The van der Waals surface area contributed by atoms with Gasteiger partial charge >= 0.3 is 0 Å². The molecule has 0 aliphatic carbocycles. The van der Waals surface area contributed by atoms with Crippen molar-refractivity contribution in [2.24, 2.45) is 0 Å². The van der Waals surface area contributed by atoms with E-state index >= 15 is 0 Å². The lowest BCUT2D eigenvalue weighted by Crippen LogP contribution is -2.46. The standard InChI is InChI=1S/C24H34N2O4/c1-4-30-22-10-6-5-8-20(22)26-16-14-25(15-17-26)13-7-9-21(27)19-11-12-23(28-2)24(18-19)29-3/h5-6,8,10-12,18,21,27H,4,7,9,13-17H2,1-3H3. The summed E-state index contributed by atoms with van der Waals surface area (Å²) in [7, 11) is 3.23. The lowest BCUT2D eigenvalue weighted by atomic mass is 10.0. The molecular weight excluding hydrogens is 380 g/mol. The average Bonchev–Trinajstić information content (AvgIpc) is 2.79. The Morgan fingerprint density at radius 2 is 1.67 bits per heavy atom. The van der Waals surface area contributed by atoms with Gasteiger partial charge in [-0.2, -0.15) is 0 Å². The maximum absolute atomic E-state index is 10.6. The number of hydrogen-bond donors (Lipinski definition) is 1. The number of aliphatic hydroxyl groups is 1. The first-order chi connectivity index (χ1) is 14.7. The minimum atomic E-state index is -0.496. The van der Waals surface area contributed by atoms with Crippen LogP contribution in [0.3, 0.4) is 0 Å². The smallest absolute Gasteiger partial charge is 0.161 e. The summed E-state index contributed by atoms with van der Waals surface area (Å²) >= 11 is 0. The third-order valence-electron chi connectivity index (χ3n) is 5.62. The van der Waals surface area contributed by atoms with Crippen LogP contribution in [0.25, 0.3) is 0 Å². The Bertz CT molecular complexity index is 791. The Balaban J connectivity index is 1.45. The molecule has 6 nitrogen and oxygen atoms in total. The highest BCUT2D eigenvalue weighted by Crippen LogP contribution is 2.31. The number of methoxy groups -OCH3 is 2. The number of nitrogens with zero attached hydrogens (tertiary/aromatic N) is 2. The Morgan fingerprint density at radius 1 is 0.933 bits per heavy atom. The van der Waals surface area contributed by atoms with E-state index in [-0.39, 0.29) is 0 Å². The molecule has 1 heterocycles. The minimum absolute atomic E-state index is 0.496. The van der Waals surface area contributed by atoms with E-state index in [0.717, 1.165) is 56.9 Å². The van der Waals surface area contributed by atoms with Crippen LogP contribution in [0.2, 0.25) is 0 Å². The Labute approximate surface area is 180 Å². The molecule has 1 aliphatic heterocycles. The molecular formula is C24H34N2O4. The minimum Gasteiger partial charge on any atom is -0.493 e. The molecule has 0 amide bonds. The van der Waals surface area contributed by atoms with Gasteiger partial charge in [-0.1, -0.05) is 18.2 Å². The van der Waals surface area contributed by atoms with Gasteiger partial charge in [0.05, 0.1) is 32.6 Å². The molecule has 0 bridgehead atoms. The molecule has 1 N–H and O–H groups in total. The largest absolute Gasteiger partial charge is 0.493 e. The van der Waals surface area contributed by atoms with Crippen LogP contribution in [0.1, 0.15) is 31.4 Å². The zero-order valence-electron chi connectivity index (χ0n) is 18.3. The molecule has 1 saturated heterocycles. The highest BCUT2D eigenvalue weighted by molar-refractivity contribution is 5.58. The fraction of sp³-hybridized carbons (Fsp3) is 0.500. The van der Waals surface area contributed by atoms with Crippen molar-refractivity contribution in [1.29, 1.82) is 0 Å². The number of aliphatic hydroxyl groups excluding tert-OH is 1. The van der Waals surface area contributed by atoms with Gasteiger partial charge in [-0.05, 0) is 56.1 Å². The van der Waals surface area contributed by atoms with Crippen LogP contribution in [0, 0.1) is 0 Å². The van der Waals surface area contributed by atoms with Crippen LogP contribution in [-0.2, 0) is 0 Å². The third kappa shape index (κ3) is 5.58. The monoisotopic (exact) mass is 414 g/mol. The van der Waals surface area contributed by atoms with Gasteiger partial charge in [0.15, 0.2) is 11.5 Å². The molecule has 1 unspecified atom stereocenters. The SMILES string of the molecule is CCOc1ccccc1N1CCN(CCCC(O)c2ccc(OC)c(OC)c2)CC1. The zero-order chi connectivity index (χ0) is 21.3. The van der Waals surface area contributed by atoms with E-state index in [1.54, 1.807) is 14.2 Å². The first-order valence-electron chi connectivity index (χ1n) is 10.7. The highest BCUT2D eigenvalue weighted by Gasteiger charge is 2.20. The molecule has 0 spiro atoms. The van der Waals surface area contributed by atoms with Crippen molar-refractivity contribution in [1.82, 2.24) is 4.90 Å². The number of anilines is 1. The molecule has 0 radical (unpaired) electrons. The van der Waals surface area contributed by atoms with E-state index < -0.39 is 6.10 Å². The van der Waals surface area contributed by atoms with E-state index in [1.807, 2.05) is 37.3 Å². The van der Waals surface area contributed by atoms with Gasteiger partial charge in [0.2, 0.25) is 0 Å². The van der Waals surface area contributed by atoms with Gasteiger partial charge < -0.3 is 24.2 Å². The van der Waals surface area contributed by atoms with Gasteiger partial charge in [0.1, 0.15) is 5.75 Å². The van der Waals surface area contributed by atoms with Crippen LogP contribution < -0.4 is 19.1 Å². The van der Waals surface area contributed by atoms with Gasteiger partial charge in [-0.3, -0.25) is 4.90 Å². The Kier molecular flexibility index (Phi) is 8.22. The van der Waals surface area contributed by atoms with E-state index in [9.17, 15) is 5.11 Å². The summed E-state index contributed by atoms with van der Waals surface area (Å²) < 4.78 is 16.4. The summed E-state index contributed by atoms with van der Waals surface area (Å²) in [6, 6.07) is 13.9. The number of piperazine rings is 1. The molecule has 2 aromatic rings. The number of rotatable bonds is 10. The predicted molar refractivity (Wildman–Crippen MR) is 120 cm³/mol. The van der Waals surface area contributed by atoms with Crippen LogP contribution in [0.15, 0.2) is 42.5 Å². The number of ether oxygens (including phenoxy) is 3. The Morgan fingerprint density at radius 3 is 2.37 bits per heavy atom. The van der Waals surface area contributed by atoms with Crippen LogP contribution >= 0.6 is 0 Å². The maximum Gasteiger partial charge on any atom is 0.161 e. The summed E-state index contributed by atoms with van der Waals surface area (Å²) in [5.41, 5.74) is 2.05. The zero-order valence-corrected chi connectivity index (χ0v) is 18.3. The average molecular weight is 415 g/mol. The molecule has 6 heteroatoms.